The van der Waals surface area contributed by atoms with Crippen LogP contribution in [0.25, 0.3) is 0 Å². The van der Waals surface area contributed by atoms with Gasteiger partial charge in [0.25, 0.3) is 0 Å². The summed E-state index contributed by atoms with van der Waals surface area (Å²) < 4.78 is 29.6. The van der Waals surface area contributed by atoms with Crippen molar-refractivity contribution in [2.75, 3.05) is 6.54 Å². The van der Waals surface area contributed by atoms with E-state index >= 15 is 0 Å². The van der Waals surface area contributed by atoms with Crippen LogP contribution in [0, 0.1) is 30.6 Å². The summed E-state index contributed by atoms with van der Waals surface area (Å²) >= 11 is 0. The van der Waals surface area contributed by atoms with Crippen molar-refractivity contribution in [1.29, 1.82) is 0 Å². The van der Waals surface area contributed by atoms with Crippen molar-refractivity contribution in [3.63, 3.8) is 0 Å². The molecule has 2 amide bonds. The molecule has 3 aromatic rings. The highest BCUT2D eigenvalue weighted by atomic mass is 32.2. The largest absolute Gasteiger partial charge is 0.299 e. The van der Waals surface area contributed by atoms with E-state index in [1.165, 1.54) is 9.21 Å². The molecule has 2 aliphatic heterocycles. The van der Waals surface area contributed by atoms with Crippen LogP contribution in [-0.4, -0.2) is 41.8 Å². The molecule has 0 aromatic heterocycles. The van der Waals surface area contributed by atoms with E-state index in [1.807, 2.05) is 68.4 Å². The Balaban J connectivity index is 1.41. The van der Waals surface area contributed by atoms with E-state index in [1.54, 1.807) is 24.3 Å². The third-order valence-corrected chi connectivity index (χ3v) is 10.7. The van der Waals surface area contributed by atoms with Gasteiger partial charge in [-0.15, -0.1) is 0 Å². The summed E-state index contributed by atoms with van der Waals surface area (Å²) in [5.74, 6) is -3.57. The van der Waals surface area contributed by atoms with Crippen LogP contribution in [0.3, 0.4) is 0 Å². The van der Waals surface area contributed by atoms with E-state index in [4.69, 9.17) is 0 Å². The fraction of sp³-hybridized carbons (Fsp3) is 0.344. The molecular formula is C32H32N2O5S. The number of nitrogens with zero attached hydrogens (tertiary/aromatic N) is 2. The second-order valence-electron chi connectivity index (χ2n) is 11.2. The maximum Gasteiger partial charge on any atom is 0.243 e. The number of Topliss-reactive ketones (excluding diaryl/α,β-unsaturated/α-hetero) is 1. The van der Waals surface area contributed by atoms with Crippen LogP contribution in [0.4, 0.5) is 0 Å². The van der Waals surface area contributed by atoms with Gasteiger partial charge in [0.05, 0.1) is 29.3 Å². The Kier molecular flexibility index (Phi) is 6.71. The summed E-state index contributed by atoms with van der Waals surface area (Å²) in [5, 5.41) is 0. The normalized spacial score (nSPS) is 26.7. The first-order valence-electron chi connectivity index (χ1n) is 13.8. The number of likely N-dealkylation sites (tertiary alicyclic amines) is 1. The second-order valence-corrected chi connectivity index (χ2v) is 13.1. The smallest absolute Gasteiger partial charge is 0.243 e. The fourth-order valence-corrected chi connectivity index (χ4v) is 8.47. The minimum Gasteiger partial charge on any atom is -0.299 e. The number of sulfonamides is 1. The van der Waals surface area contributed by atoms with Gasteiger partial charge in [-0.25, -0.2) is 8.42 Å². The van der Waals surface area contributed by atoms with Crippen molar-refractivity contribution >= 4 is 27.6 Å². The Morgan fingerprint density at radius 3 is 2.12 bits per heavy atom. The van der Waals surface area contributed by atoms with E-state index in [9.17, 15) is 22.8 Å². The number of fused-ring (bicyclic) bond motifs is 3. The second kappa shape index (κ2) is 10.1. The summed E-state index contributed by atoms with van der Waals surface area (Å²) in [4.78, 5) is 42.5. The summed E-state index contributed by atoms with van der Waals surface area (Å²) in [6.07, 6.45) is 0.780. The van der Waals surface area contributed by atoms with E-state index < -0.39 is 39.7 Å². The molecule has 3 aromatic carbocycles. The number of rotatable bonds is 6. The van der Waals surface area contributed by atoms with Gasteiger partial charge in [0.1, 0.15) is 5.78 Å². The van der Waals surface area contributed by atoms with E-state index in [0.29, 0.717) is 0 Å². The van der Waals surface area contributed by atoms with Crippen molar-refractivity contribution in [2.45, 2.75) is 44.2 Å². The van der Waals surface area contributed by atoms with Gasteiger partial charge >= 0.3 is 0 Å². The molecule has 0 N–H and O–H groups in total. The third-order valence-electron chi connectivity index (χ3n) is 8.87. The van der Waals surface area contributed by atoms with Crippen LogP contribution >= 0.6 is 0 Å². The number of aryl methyl sites for hydroxylation is 2. The molecule has 2 heterocycles. The maximum absolute atomic E-state index is 14.1. The van der Waals surface area contributed by atoms with Crippen LogP contribution in [0.5, 0.6) is 0 Å². The lowest BCUT2D eigenvalue weighted by atomic mass is 9.66. The molecule has 3 aliphatic rings. The highest BCUT2D eigenvalue weighted by molar-refractivity contribution is 7.89. The zero-order valence-electron chi connectivity index (χ0n) is 22.6. The fourth-order valence-electron chi connectivity index (χ4n) is 6.80. The number of hydrogen-bond donors (Lipinski definition) is 0. The van der Waals surface area contributed by atoms with Gasteiger partial charge in [0, 0.05) is 18.9 Å². The molecule has 7 nitrogen and oxygen atoms in total. The molecule has 40 heavy (non-hydrogen) atoms. The van der Waals surface area contributed by atoms with Gasteiger partial charge < -0.3 is 0 Å². The Morgan fingerprint density at radius 1 is 0.800 bits per heavy atom. The van der Waals surface area contributed by atoms with Gasteiger partial charge in [0.2, 0.25) is 21.8 Å². The van der Waals surface area contributed by atoms with Crippen LogP contribution < -0.4 is 0 Å². The van der Waals surface area contributed by atoms with E-state index in [0.717, 1.165) is 28.7 Å². The number of carbonyl (C=O) groups is 3. The van der Waals surface area contributed by atoms with Crippen molar-refractivity contribution in [2.24, 2.45) is 23.7 Å². The summed E-state index contributed by atoms with van der Waals surface area (Å²) in [6, 6.07) is 22.9. The standard InChI is InChI=1S/C32H32N2O5S/c1-3-21-11-13-23(14-12-21)30-29-26(19-34(30)40(38,39)24-15-9-20(2)10-16-24)28-25(17-27(29)35)31(36)33(32(28)37)18-22-7-5-4-6-8-22/h4-16,25-26,28-30H,3,17-19H2,1-2H3/t25-,26-,28-,29-,30-/m0/s1. The quantitative estimate of drug-likeness (QED) is 0.422. The number of imide groups is 1. The first kappa shape index (κ1) is 26.6. The molecule has 3 fully saturated rings. The summed E-state index contributed by atoms with van der Waals surface area (Å²) in [6.45, 7) is 4.08. The van der Waals surface area contributed by atoms with Gasteiger partial charge in [0.15, 0.2) is 0 Å². The number of carbonyl (C=O) groups excluding carboxylic acids is 3. The summed E-state index contributed by atoms with van der Waals surface area (Å²) in [5.41, 5.74) is 3.60. The van der Waals surface area contributed by atoms with Crippen molar-refractivity contribution < 1.29 is 22.8 Å². The molecule has 2 saturated heterocycles. The molecule has 6 rings (SSSR count). The minimum absolute atomic E-state index is 0.00613. The van der Waals surface area contributed by atoms with Crippen molar-refractivity contribution in [3.8, 4) is 0 Å². The molecule has 1 aliphatic carbocycles. The van der Waals surface area contributed by atoms with Gasteiger partial charge in [-0.05, 0) is 48.1 Å². The van der Waals surface area contributed by atoms with Gasteiger partial charge in [-0.2, -0.15) is 4.31 Å². The lowest BCUT2D eigenvalue weighted by molar-refractivity contribution is -0.141. The first-order chi connectivity index (χ1) is 19.2. The number of amides is 2. The minimum atomic E-state index is -4.00. The molecule has 206 valence electrons. The topological polar surface area (TPSA) is 91.8 Å². The molecule has 0 unspecified atom stereocenters. The molecular weight excluding hydrogens is 524 g/mol. The first-order valence-corrected chi connectivity index (χ1v) is 15.2. The van der Waals surface area contributed by atoms with Crippen molar-refractivity contribution in [1.82, 2.24) is 9.21 Å². The maximum atomic E-state index is 14.1. The van der Waals surface area contributed by atoms with Crippen LogP contribution in [-0.2, 0) is 37.4 Å². The Morgan fingerprint density at radius 2 is 1.48 bits per heavy atom. The van der Waals surface area contributed by atoms with Crippen LogP contribution in [0.1, 0.15) is 41.6 Å². The Labute approximate surface area is 234 Å². The lowest BCUT2D eigenvalue weighted by Crippen LogP contribution is -2.42. The SMILES string of the molecule is CCc1ccc([C@H]2[C@@H]3C(=O)C[C@@H]4C(=O)N(Cc5ccccc5)C(=O)[C@@H]4[C@@H]3CN2S(=O)(=O)c2ccc(C)cc2)cc1. The van der Waals surface area contributed by atoms with Gasteiger partial charge in [-0.3, -0.25) is 19.3 Å². The average Bonchev–Trinajstić information content (AvgIpc) is 3.47. The van der Waals surface area contributed by atoms with E-state index in [2.05, 4.69) is 0 Å². The number of hydrogen-bond acceptors (Lipinski definition) is 5. The predicted molar refractivity (Wildman–Crippen MR) is 149 cm³/mol. The molecule has 0 radical (unpaired) electrons. The summed E-state index contributed by atoms with van der Waals surface area (Å²) in [7, 11) is -4.00. The monoisotopic (exact) mass is 556 g/mol. The zero-order chi connectivity index (χ0) is 28.2. The Hall–Kier alpha value is -3.62. The molecule has 5 atom stereocenters. The predicted octanol–water partition coefficient (Wildman–Crippen LogP) is 4.31. The molecule has 8 heteroatoms. The van der Waals surface area contributed by atoms with Crippen LogP contribution in [0.15, 0.2) is 83.8 Å². The van der Waals surface area contributed by atoms with Gasteiger partial charge in [-0.1, -0.05) is 79.2 Å². The lowest BCUT2D eigenvalue weighted by Gasteiger charge is -2.33. The third kappa shape index (κ3) is 4.30. The number of ketones is 1. The van der Waals surface area contributed by atoms with Crippen molar-refractivity contribution in [3.05, 3.63) is 101 Å². The van der Waals surface area contributed by atoms with E-state index in [-0.39, 0.29) is 42.0 Å². The Bertz CT molecular complexity index is 1570. The molecule has 1 saturated carbocycles. The zero-order valence-corrected chi connectivity index (χ0v) is 23.4. The highest BCUT2D eigenvalue weighted by Gasteiger charge is 2.63. The van der Waals surface area contributed by atoms with Crippen LogP contribution in [0.2, 0.25) is 0 Å². The average molecular weight is 557 g/mol. The molecule has 0 bridgehead atoms. The highest BCUT2D eigenvalue weighted by Crippen LogP contribution is 2.54. The number of benzene rings is 3. The molecule has 0 spiro atoms.